The summed E-state index contributed by atoms with van der Waals surface area (Å²) in [4.78, 5) is 0. The summed E-state index contributed by atoms with van der Waals surface area (Å²) < 4.78 is 0. The molecule has 24 heavy (non-hydrogen) atoms. The van der Waals surface area contributed by atoms with Gasteiger partial charge in [-0.1, -0.05) is 91.5 Å². The molecule has 0 saturated heterocycles. The Kier molecular flexibility index (Phi) is 2.74. The molecule has 0 bridgehead atoms. The van der Waals surface area contributed by atoms with Crippen LogP contribution in [0.1, 0.15) is 5.56 Å². The van der Waals surface area contributed by atoms with E-state index in [0.29, 0.717) is 0 Å². The second-order valence-electron chi connectivity index (χ2n) is 6.26. The van der Waals surface area contributed by atoms with Gasteiger partial charge in [0.2, 0.25) is 0 Å². The highest BCUT2D eigenvalue weighted by molar-refractivity contribution is 6.18. The highest BCUT2D eigenvalue weighted by Gasteiger charge is 2.21. The van der Waals surface area contributed by atoms with Crippen molar-refractivity contribution in [2.24, 2.45) is 0 Å². The zero-order valence-corrected chi connectivity index (χ0v) is 13.3. The largest absolute Gasteiger partial charge is 0.0985 e. The maximum absolute atomic E-state index is 3.84. The molecule has 4 aromatic carbocycles. The summed E-state index contributed by atoms with van der Waals surface area (Å²) in [6, 6.07) is 28.5. The summed E-state index contributed by atoms with van der Waals surface area (Å²) >= 11 is 0. The Morgan fingerprint density at radius 3 is 1.88 bits per heavy atom. The number of hydrogen-bond donors (Lipinski definition) is 0. The van der Waals surface area contributed by atoms with E-state index in [4.69, 9.17) is 0 Å². The molecule has 0 fully saturated rings. The molecular formula is C24H16. The van der Waals surface area contributed by atoms with Crippen LogP contribution in [-0.2, 0) is 0 Å². The van der Waals surface area contributed by atoms with E-state index in [-0.39, 0.29) is 0 Å². The number of fused-ring (bicyclic) bond motifs is 3. The second kappa shape index (κ2) is 4.94. The first kappa shape index (κ1) is 13.3. The summed E-state index contributed by atoms with van der Waals surface area (Å²) in [5.74, 6) is 0. The van der Waals surface area contributed by atoms with E-state index in [0.717, 1.165) is 5.56 Å². The van der Waals surface area contributed by atoms with Gasteiger partial charge in [0.1, 0.15) is 0 Å². The fourth-order valence-corrected chi connectivity index (χ4v) is 3.86. The van der Waals surface area contributed by atoms with Crippen molar-refractivity contribution in [1.29, 1.82) is 0 Å². The monoisotopic (exact) mass is 304 g/mol. The number of benzene rings is 4. The first-order valence-corrected chi connectivity index (χ1v) is 8.25. The molecule has 0 atom stereocenters. The molecule has 0 spiro atoms. The van der Waals surface area contributed by atoms with Gasteiger partial charge in [-0.2, -0.15) is 0 Å². The standard InChI is InChI=1S/C24H16/c1-2-16-10-12-17(13-11-16)18-14-15-23-20-7-4-3-6-19(20)22-9-5-8-21(18)24(22)23/h2-15H,1H2. The van der Waals surface area contributed by atoms with Crippen LogP contribution in [0.2, 0.25) is 0 Å². The summed E-state index contributed by atoms with van der Waals surface area (Å²) in [5, 5.41) is 2.71. The molecule has 0 aromatic heterocycles. The number of hydrogen-bond acceptors (Lipinski definition) is 0. The van der Waals surface area contributed by atoms with Crippen LogP contribution in [0.4, 0.5) is 0 Å². The van der Waals surface area contributed by atoms with Crippen molar-refractivity contribution in [2.45, 2.75) is 0 Å². The summed E-state index contributed by atoms with van der Waals surface area (Å²) in [5.41, 5.74) is 9.08. The Hall–Kier alpha value is -3.12. The lowest BCUT2D eigenvalue weighted by Crippen LogP contribution is -1.83. The lowest BCUT2D eigenvalue weighted by Gasteiger charge is -2.10. The lowest BCUT2D eigenvalue weighted by molar-refractivity contribution is 1.63. The van der Waals surface area contributed by atoms with Gasteiger partial charge in [0.05, 0.1) is 0 Å². The van der Waals surface area contributed by atoms with E-state index in [1.54, 1.807) is 0 Å². The van der Waals surface area contributed by atoms with E-state index in [2.05, 4.69) is 85.4 Å². The molecule has 0 radical (unpaired) electrons. The lowest BCUT2D eigenvalue weighted by atomic mass is 9.94. The van der Waals surface area contributed by atoms with E-state index < -0.39 is 0 Å². The van der Waals surface area contributed by atoms with E-state index in [1.807, 2.05) is 6.08 Å². The number of rotatable bonds is 2. The van der Waals surface area contributed by atoms with Gasteiger partial charge >= 0.3 is 0 Å². The SMILES string of the molecule is C=Cc1ccc(-c2ccc3c4c(cccc24)-c2ccccc2-3)cc1. The van der Waals surface area contributed by atoms with E-state index in [1.165, 1.54) is 44.2 Å². The third-order valence-corrected chi connectivity index (χ3v) is 5.01. The van der Waals surface area contributed by atoms with Gasteiger partial charge in [-0.3, -0.25) is 0 Å². The van der Waals surface area contributed by atoms with Crippen LogP contribution in [-0.4, -0.2) is 0 Å². The molecule has 0 N–H and O–H groups in total. The molecule has 112 valence electrons. The minimum absolute atomic E-state index is 1.15. The van der Waals surface area contributed by atoms with Gasteiger partial charge in [0.25, 0.3) is 0 Å². The Morgan fingerprint density at radius 2 is 1.17 bits per heavy atom. The molecule has 1 aliphatic rings. The predicted molar refractivity (Wildman–Crippen MR) is 104 cm³/mol. The first-order chi connectivity index (χ1) is 11.9. The molecule has 5 rings (SSSR count). The highest BCUT2D eigenvalue weighted by Crippen LogP contribution is 2.48. The molecule has 0 aliphatic heterocycles. The summed E-state index contributed by atoms with van der Waals surface area (Å²) in [6.07, 6.45) is 1.88. The van der Waals surface area contributed by atoms with Crippen molar-refractivity contribution in [2.75, 3.05) is 0 Å². The van der Waals surface area contributed by atoms with Gasteiger partial charge in [-0.15, -0.1) is 0 Å². The first-order valence-electron chi connectivity index (χ1n) is 8.25. The fourth-order valence-electron chi connectivity index (χ4n) is 3.86. The fraction of sp³-hybridized carbons (Fsp3) is 0. The van der Waals surface area contributed by atoms with E-state index >= 15 is 0 Å². The van der Waals surface area contributed by atoms with Crippen molar-refractivity contribution in [3.05, 3.63) is 91.0 Å². The van der Waals surface area contributed by atoms with Crippen LogP contribution in [0, 0.1) is 0 Å². The van der Waals surface area contributed by atoms with Crippen molar-refractivity contribution < 1.29 is 0 Å². The topological polar surface area (TPSA) is 0 Å². The second-order valence-corrected chi connectivity index (χ2v) is 6.26. The Balaban J connectivity index is 1.82. The molecule has 0 amide bonds. The minimum Gasteiger partial charge on any atom is -0.0985 e. The van der Waals surface area contributed by atoms with Crippen LogP contribution < -0.4 is 0 Å². The average Bonchev–Trinajstić information content (AvgIpc) is 2.99. The highest BCUT2D eigenvalue weighted by atomic mass is 14.2. The molecule has 0 nitrogen and oxygen atoms in total. The molecule has 0 unspecified atom stereocenters. The van der Waals surface area contributed by atoms with Crippen molar-refractivity contribution in [3.8, 4) is 33.4 Å². The molecular weight excluding hydrogens is 288 g/mol. The van der Waals surface area contributed by atoms with Crippen LogP contribution in [0.3, 0.4) is 0 Å². The molecule has 4 aromatic rings. The van der Waals surface area contributed by atoms with Crippen molar-refractivity contribution >= 4 is 16.8 Å². The Labute approximate surface area is 141 Å². The van der Waals surface area contributed by atoms with Crippen LogP contribution in [0.15, 0.2) is 85.4 Å². The maximum atomic E-state index is 3.84. The van der Waals surface area contributed by atoms with Gasteiger partial charge in [-0.25, -0.2) is 0 Å². The average molecular weight is 304 g/mol. The van der Waals surface area contributed by atoms with Gasteiger partial charge in [0.15, 0.2) is 0 Å². The van der Waals surface area contributed by atoms with E-state index in [9.17, 15) is 0 Å². The normalized spacial score (nSPS) is 11.5. The van der Waals surface area contributed by atoms with Crippen LogP contribution in [0.25, 0.3) is 50.2 Å². The quantitative estimate of drug-likeness (QED) is 0.336. The van der Waals surface area contributed by atoms with Gasteiger partial charge in [0, 0.05) is 0 Å². The molecule has 0 saturated carbocycles. The Morgan fingerprint density at radius 1 is 0.542 bits per heavy atom. The summed E-state index contributed by atoms with van der Waals surface area (Å²) in [7, 11) is 0. The van der Waals surface area contributed by atoms with Gasteiger partial charge in [-0.05, 0) is 49.7 Å². The molecule has 0 heteroatoms. The third kappa shape index (κ3) is 1.74. The zero-order valence-electron chi connectivity index (χ0n) is 13.3. The zero-order chi connectivity index (χ0) is 16.1. The molecule has 1 aliphatic carbocycles. The minimum atomic E-state index is 1.15. The van der Waals surface area contributed by atoms with Crippen molar-refractivity contribution in [1.82, 2.24) is 0 Å². The smallest absolute Gasteiger partial charge is 0.00201 e. The van der Waals surface area contributed by atoms with Crippen molar-refractivity contribution in [3.63, 3.8) is 0 Å². The maximum Gasteiger partial charge on any atom is -0.00201 e. The molecule has 0 heterocycles. The predicted octanol–water partition coefficient (Wildman–Crippen LogP) is 6.80. The van der Waals surface area contributed by atoms with Crippen LogP contribution in [0.5, 0.6) is 0 Å². The van der Waals surface area contributed by atoms with Gasteiger partial charge < -0.3 is 0 Å². The third-order valence-electron chi connectivity index (χ3n) is 5.01. The Bertz CT molecular complexity index is 1070. The summed E-state index contributed by atoms with van der Waals surface area (Å²) in [6.45, 7) is 3.84. The van der Waals surface area contributed by atoms with Crippen LogP contribution >= 0.6 is 0 Å².